The highest BCUT2D eigenvalue weighted by atomic mass is 16.4. The van der Waals surface area contributed by atoms with Crippen LogP contribution in [0.2, 0.25) is 0 Å². The Morgan fingerprint density at radius 3 is 2.73 bits per heavy atom. The molecule has 0 radical (unpaired) electrons. The number of hydrogen-bond acceptors (Lipinski definition) is 2. The van der Waals surface area contributed by atoms with E-state index in [1.165, 1.54) is 0 Å². The Bertz CT molecular complexity index is 228. The highest BCUT2D eigenvalue weighted by molar-refractivity contribution is 5.70. The fraction of sp³-hybridized carbons (Fsp3) is 0.375. The summed E-state index contributed by atoms with van der Waals surface area (Å²) in [5.74, 6) is -0.773. The number of carboxylic acids is 1. The summed E-state index contributed by atoms with van der Waals surface area (Å²) in [6.07, 6.45) is 5.30. The standard InChI is InChI=1S/C8H11NO2/c9-7-3-1-6(2-4-7)5-8(10)11/h1,3H,2,4-5,9H2,(H,10,11). The molecule has 0 amide bonds. The van der Waals surface area contributed by atoms with E-state index < -0.39 is 5.97 Å². The van der Waals surface area contributed by atoms with E-state index in [-0.39, 0.29) is 6.42 Å². The molecule has 0 atom stereocenters. The Morgan fingerprint density at radius 1 is 1.55 bits per heavy atom. The largest absolute Gasteiger partial charge is 0.481 e. The first-order valence-corrected chi connectivity index (χ1v) is 3.54. The lowest BCUT2D eigenvalue weighted by atomic mass is 10.0. The Hall–Kier alpha value is -1.25. The van der Waals surface area contributed by atoms with Crippen LogP contribution in [0.1, 0.15) is 19.3 Å². The molecule has 0 saturated heterocycles. The third kappa shape index (κ3) is 2.45. The van der Waals surface area contributed by atoms with Crippen LogP contribution in [0.3, 0.4) is 0 Å². The van der Waals surface area contributed by atoms with Crippen molar-refractivity contribution in [1.29, 1.82) is 0 Å². The maximum absolute atomic E-state index is 10.3. The van der Waals surface area contributed by atoms with E-state index >= 15 is 0 Å². The Balaban J connectivity index is 2.54. The summed E-state index contributed by atoms with van der Waals surface area (Å²) in [5.41, 5.74) is 7.28. The number of nitrogens with two attached hydrogens (primary N) is 1. The van der Waals surface area contributed by atoms with Crippen molar-refractivity contribution in [3.05, 3.63) is 23.4 Å². The first-order valence-electron chi connectivity index (χ1n) is 3.54. The van der Waals surface area contributed by atoms with Gasteiger partial charge in [0, 0.05) is 5.70 Å². The molecule has 0 unspecified atom stereocenters. The smallest absolute Gasteiger partial charge is 0.307 e. The molecule has 60 valence electrons. The third-order valence-electron chi connectivity index (χ3n) is 1.65. The van der Waals surface area contributed by atoms with Crippen LogP contribution in [0.15, 0.2) is 23.4 Å². The zero-order valence-electron chi connectivity index (χ0n) is 6.21. The van der Waals surface area contributed by atoms with Crippen molar-refractivity contribution in [3.8, 4) is 0 Å². The van der Waals surface area contributed by atoms with E-state index in [0.717, 1.165) is 24.1 Å². The Labute approximate surface area is 65.2 Å². The van der Waals surface area contributed by atoms with E-state index in [1.807, 2.05) is 0 Å². The van der Waals surface area contributed by atoms with Crippen molar-refractivity contribution in [2.75, 3.05) is 0 Å². The minimum Gasteiger partial charge on any atom is -0.481 e. The van der Waals surface area contributed by atoms with Crippen molar-refractivity contribution in [1.82, 2.24) is 0 Å². The molecule has 0 spiro atoms. The second kappa shape index (κ2) is 3.23. The molecule has 3 N–H and O–H groups in total. The Kier molecular flexibility index (Phi) is 2.31. The van der Waals surface area contributed by atoms with Crippen molar-refractivity contribution >= 4 is 5.97 Å². The monoisotopic (exact) mass is 153 g/mol. The fourth-order valence-corrected chi connectivity index (χ4v) is 1.04. The average molecular weight is 153 g/mol. The summed E-state index contributed by atoms with van der Waals surface area (Å²) in [4.78, 5) is 10.3. The second-order valence-corrected chi connectivity index (χ2v) is 2.64. The molecule has 0 bridgehead atoms. The summed E-state index contributed by atoms with van der Waals surface area (Å²) in [5, 5.41) is 8.44. The van der Waals surface area contributed by atoms with E-state index in [0.29, 0.717) is 0 Å². The minimum absolute atomic E-state index is 0.143. The molecule has 1 aliphatic carbocycles. The molecule has 0 aromatic rings. The number of aliphatic carboxylic acids is 1. The van der Waals surface area contributed by atoms with Gasteiger partial charge in [-0.1, -0.05) is 11.6 Å². The van der Waals surface area contributed by atoms with Gasteiger partial charge in [-0.15, -0.1) is 0 Å². The molecule has 11 heavy (non-hydrogen) atoms. The summed E-state index contributed by atoms with van der Waals surface area (Å²) < 4.78 is 0. The van der Waals surface area contributed by atoms with Crippen molar-refractivity contribution < 1.29 is 9.90 Å². The van der Waals surface area contributed by atoms with Gasteiger partial charge >= 0.3 is 5.97 Å². The van der Waals surface area contributed by atoms with Crippen LogP contribution < -0.4 is 5.73 Å². The molecule has 0 fully saturated rings. The number of carboxylic acid groups (broad SMARTS) is 1. The lowest BCUT2D eigenvalue weighted by Gasteiger charge is -2.08. The molecule has 1 rings (SSSR count). The van der Waals surface area contributed by atoms with Gasteiger partial charge < -0.3 is 10.8 Å². The van der Waals surface area contributed by atoms with Crippen LogP contribution >= 0.6 is 0 Å². The van der Waals surface area contributed by atoms with Gasteiger partial charge in [0.1, 0.15) is 0 Å². The molecular formula is C8H11NO2. The molecular weight excluding hydrogens is 142 g/mol. The fourth-order valence-electron chi connectivity index (χ4n) is 1.04. The molecule has 1 aliphatic rings. The zero-order chi connectivity index (χ0) is 8.27. The van der Waals surface area contributed by atoms with Gasteiger partial charge in [-0.05, 0) is 18.9 Å². The van der Waals surface area contributed by atoms with Crippen molar-refractivity contribution in [3.63, 3.8) is 0 Å². The average Bonchev–Trinajstić information content (AvgIpc) is 1.93. The topological polar surface area (TPSA) is 63.3 Å². The Morgan fingerprint density at radius 2 is 2.27 bits per heavy atom. The van der Waals surface area contributed by atoms with Crippen molar-refractivity contribution in [2.45, 2.75) is 19.3 Å². The third-order valence-corrected chi connectivity index (χ3v) is 1.65. The molecule has 0 aliphatic heterocycles. The molecule has 3 heteroatoms. The van der Waals surface area contributed by atoms with Crippen LogP contribution in [0.4, 0.5) is 0 Å². The van der Waals surface area contributed by atoms with Gasteiger partial charge in [0.05, 0.1) is 6.42 Å². The van der Waals surface area contributed by atoms with Gasteiger partial charge in [-0.2, -0.15) is 0 Å². The lowest BCUT2D eigenvalue weighted by molar-refractivity contribution is -0.136. The molecule has 0 aromatic carbocycles. The molecule has 3 nitrogen and oxygen atoms in total. The molecule has 0 saturated carbocycles. The summed E-state index contributed by atoms with van der Waals surface area (Å²) in [6.45, 7) is 0. The summed E-state index contributed by atoms with van der Waals surface area (Å²) in [6, 6.07) is 0. The van der Waals surface area contributed by atoms with E-state index in [9.17, 15) is 4.79 Å². The van der Waals surface area contributed by atoms with Crippen LogP contribution in [0, 0.1) is 0 Å². The van der Waals surface area contributed by atoms with Gasteiger partial charge in [-0.25, -0.2) is 0 Å². The van der Waals surface area contributed by atoms with E-state index in [1.54, 1.807) is 12.2 Å². The highest BCUT2D eigenvalue weighted by Crippen LogP contribution is 2.17. The molecule has 0 heterocycles. The second-order valence-electron chi connectivity index (χ2n) is 2.64. The van der Waals surface area contributed by atoms with Crippen LogP contribution in [-0.4, -0.2) is 11.1 Å². The quantitative estimate of drug-likeness (QED) is 0.622. The number of carbonyl (C=O) groups is 1. The van der Waals surface area contributed by atoms with Gasteiger partial charge in [0.2, 0.25) is 0 Å². The van der Waals surface area contributed by atoms with Gasteiger partial charge in [0.25, 0.3) is 0 Å². The van der Waals surface area contributed by atoms with Gasteiger partial charge in [0.15, 0.2) is 0 Å². The molecule has 0 aromatic heterocycles. The lowest BCUT2D eigenvalue weighted by Crippen LogP contribution is -2.04. The van der Waals surface area contributed by atoms with Crippen LogP contribution in [0.5, 0.6) is 0 Å². The SMILES string of the molecule is NC1=CC=C(CC(=O)O)CC1. The predicted molar refractivity (Wildman–Crippen MR) is 41.8 cm³/mol. The van der Waals surface area contributed by atoms with E-state index in [2.05, 4.69) is 0 Å². The van der Waals surface area contributed by atoms with Crippen LogP contribution in [-0.2, 0) is 4.79 Å². The number of rotatable bonds is 2. The summed E-state index contributed by atoms with van der Waals surface area (Å²) in [7, 11) is 0. The van der Waals surface area contributed by atoms with Crippen molar-refractivity contribution in [2.24, 2.45) is 5.73 Å². The summed E-state index contributed by atoms with van der Waals surface area (Å²) >= 11 is 0. The maximum atomic E-state index is 10.3. The number of hydrogen-bond donors (Lipinski definition) is 2. The van der Waals surface area contributed by atoms with E-state index in [4.69, 9.17) is 10.8 Å². The normalized spacial score (nSPS) is 17.1. The first kappa shape index (κ1) is 7.85. The maximum Gasteiger partial charge on any atom is 0.307 e. The predicted octanol–water partition coefficient (Wildman–Crippen LogP) is 1.02. The number of allylic oxidation sites excluding steroid dienone is 3. The van der Waals surface area contributed by atoms with Crippen LogP contribution in [0.25, 0.3) is 0 Å². The highest BCUT2D eigenvalue weighted by Gasteiger charge is 2.06. The first-order chi connectivity index (χ1) is 5.18. The zero-order valence-corrected chi connectivity index (χ0v) is 6.21. The van der Waals surface area contributed by atoms with Gasteiger partial charge in [-0.3, -0.25) is 4.79 Å². The minimum atomic E-state index is -0.773.